The summed E-state index contributed by atoms with van der Waals surface area (Å²) in [5, 5.41) is 14.3. The summed E-state index contributed by atoms with van der Waals surface area (Å²) in [6.07, 6.45) is -1.69. The van der Waals surface area contributed by atoms with Crippen LogP contribution in [0.2, 0.25) is 0 Å². The number of hydrogen-bond acceptors (Lipinski definition) is 4. The van der Waals surface area contributed by atoms with Gasteiger partial charge >= 0.3 is 38.4 Å². The summed E-state index contributed by atoms with van der Waals surface area (Å²) in [4.78, 5) is 25.9. The standard InChI is InChI=1S/CH2O4.Mg.H2O3Si.2H/c2-1(3)5-4;;1-4(2)3;;/h4H,(H,2,3);;1-2H;;/q;+2;;2*-1. The van der Waals surface area contributed by atoms with E-state index in [-0.39, 0.29) is 25.9 Å². The van der Waals surface area contributed by atoms with Gasteiger partial charge in [0.25, 0.3) is 0 Å². The molecule has 0 unspecified atom stereocenters. The Hall–Kier alpha value is -0.387. The Morgan fingerprint density at radius 3 is 1.60 bits per heavy atom. The molecule has 0 aromatic heterocycles. The minimum Gasteiger partial charge on any atom is -1.00 e. The summed E-state index contributed by atoms with van der Waals surface area (Å²) in [5.74, 6) is 0. The first kappa shape index (κ1) is 16.3. The van der Waals surface area contributed by atoms with Crippen LogP contribution in [0.15, 0.2) is 0 Å². The first-order chi connectivity index (χ1) is 4.00. The summed E-state index contributed by atoms with van der Waals surface area (Å²) >= 11 is 0. The topological polar surface area (TPSA) is 124 Å². The van der Waals surface area contributed by atoms with Gasteiger partial charge in [0.05, 0.1) is 0 Å². The van der Waals surface area contributed by atoms with E-state index in [9.17, 15) is 0 Å². The van der Waals surface area contributed by atoms with Crippen LogP contribution >= 0.6 is 0 Å². The van der Waals surface area contributed by atoms with Crippen molar-refractivity contribution in [3.8, 4) is 0 Å². The summed E-state index contributed by atoms with van der Waals surface area (Å²) < 4.78 is 8.74. The number of carboxylic acid groups (broad SMARTS) is 1. The molecule has 10 heavy (non-hydrogen) atoms. The second-order valence-corrected chi connectivity index (χ2v) is 1.20. The zero-order valence-corrected chi connectivity index (χ0v) is 7.13. The Balaban J connectivity index is -0.0000000221. The maximum absolute atomic E-state index is 8.90. The van der Waals surface area contributed by atoms with Crippen LogP contribution < -0.4 is 0 Å². The Kier molecular flexibility index (Phi) is 18.6. The van der Waals surface area contributed by atoms with Gasteiger partial charge in [-0.3, -0.25) is 9.35 Å². The number of carbonyl (C=O) groups is 1. The molecule has 0 heterocycles. The van der Waals surface area contributed by atoms with Gasteiger partial charge in [0.1, 0.15) is 0 Å². The Bertz CT molecular complexity index is 106. The van der Waals surface area contributed by atoms with Gasteiger partial charge in [0, 0.05) is 0 Å². The first-order valence-corrected chi connectivity index (χ1v) is 2.77. The minimum absolute atomic E-state index is 0. The zero-order valence-electron chi connectivity index (χ0n) is 6.72. The maximum Gasteiger partial charge on any atom is 2.00 e. The molecule has 0 saturated carbocycles. The van der Waals surface area contributed by atoms with Gasteiger partial charge < -0.3 is 17.6 Å². The monoisotopic (exact) mass is 182 g/mol. The summed E-state index contributed by atoms with van der Waals surface area (Å²) in [6.45, 7) is 0. The molecule has 0 aromatic carbocycles. The molecule has 0 amide bonds. The largest absolute Gasteiger partial charge is 2.00 e. The van der Waals surface area contributed by atoms with Crippen LogP contribution in [0.3, 0.4) is 0 Å². The van der Waals surface area contributed by atoms with Crippen molar-refractivity contribution < 1.29 is 37.0 Å². The molecule has 0 aliphatic carbocycles. The molecule has 0 spiro atoms. The molecule has 0 atom stereocenters. The number of hydrogen-bond donors (Lipinski definition) is 4. The van der Waals surface area contributed by atoms with Crippen molar-refractivity contribution in [3.63, 3.8) is 0 Å². The van der Waals surface area contributed by atoms with E-state index in [1.54, 1.807) is 0 Å². The van der Waals surface area contributed by atoms with Crippen molar-refractivity contribution in [1.82, 2.24) is 0 Å². The van der Waals surface area contributed by atoms with Gasteiger partial charge in [0.2, 0.25) is 0 Å². The van der Waals surface area contributed by atoms with Crippen molar-refractivity contribution in [2.75, 3.05) is 0 Å². The predicted octanol–water partition coefficient (Wildman–Crippen LogP) is -1.62. The number of rotatable bonds is 0. The van der Waals surface area contributed by atoms with E-state index in [4.69, 9.17) is 29.2 Å². The van der Waals surface area contributed by atoms with Gasteiger partial charge in [-0.15, -0.1) is 0 Å². The summed E-state index contributed by atoms with van der Waals surface area (Å²) in [5.41, 5.74) is 0. The molecule has 0 bridgehead atoms. The van der Waals surface area contributed by atoms with Crippen LogP contribution in [0.25, 0.3) is 0 Å². The molecule has 0 aliphatic rings. The molecule has 58 valence electrons. The smallest absolute Gasteiger partial charge is 1.00 e. The minimum atomic E-state index is -3.13. The van der Waals surface area contributed by atoms with Gasteiger partial charge in [0.15, 0.2) is 0 Å². The fraction of sp³-hybridized carbons (Fsp3) is 0. The van der Waals surface area contributed by atoms with E-state index in [0.717, 1.165) is 0 Å². The second-order valence-electron chi connectivity index (χ2n) is 0.640. The van der Waals surface area contributed by atoms with E-state index in [1.165, 1.54) is 0 Å². The SMILES string of the molecule is O=C(O)OO.O=[Si](O)O.[H-].[H-].[Mg+2]. The molecule has 0 saturated heterocycles. The van der Waals surface area contributed by atoms with E-state index < -0.39 is 15.3 Å². The molecule has 0 radical (unpaired) electrons. The summed E-state index contributed by atoms with van der Waals surface area (Å²) in [6, 6.07) is 0. The Morgan fingerprint density at radius 2 is 1.60 bits per heavy atom. The van der Waals surface area contributed by atoms with Crippen molar-refractivity contribution in [3.05, 3.63) is 0 Å². The molecular weight excluding hydrogens is 176 g/mol. The maximum atomic E-state index is 8.90. The van der Waals surface area contributed by atoms with Gasteiger partial charge in [-0.05, 0) is 0 Å². The van der Waals surface area contributed by atoms with E-state index >= 15 is 0 Å². The summed E-state index contributed by atoms with van der Waals surface area (Å²) in [7, 11) is -3.13. The van der Waals surface area contributed by atoms with E-state index in [1.807, 2.05) is 0 Å². The molecule has 0 rings (SSSR count). The molecular formula is CH6MgO7Si. The Labute approximate surface area is 75.8 Å². The fourth-order valence-electron chi connectivity index (χ4n) is 0. The van der Waals surface area contributed by atoms with Crippen LogP contribution in [-0.4, -0.2) is 58.3 Å². The van der Waals surface area contributed by atoms with Crippen molar-refractivity contribution in [2.45, 2.75) is 0 Å². The average Bonchev–Trinajstić information content (AvgIpc) is 1.65. The molecule has 7 nitrogen and oxygen atoms in total. The predicted molar refractivity (Wildman–Crippen MR) is 30.6 cm³/mol. The molecule has 0 aliphatic heterocycles. The van der Waals surface area contributed by atoms with Gasteiger partial charge in [-0.2, -0.15) is 5.26 Å². The molecule has 0 fully saturated rings. The fourth-order valence-corrected chi connectivity index (χ4v) is 0. The van der Waals surface area contributed by atoms with Gasteiger partial charge in [-0.25, -0.2) is 4.79 Å². The third-order valence-electron chi connectivity index (χ3n) is 0.0781. The van der Waals surface area contributed by atoms with Crippen molar-refractivity contribution in [1.29, 1.82) is 0 Å². The zero-order chi connectivity index (χ0) is 7.86. The molecule has 0 aromatic rings. The van der Waals surface area contributed by atoms with Crippen LogP contribution in [0, 0.1) is 0 Å². The molecule has 4 N–H and O–H groups in total. The van der Waals surface area contributed by atoms with Crippen molar-refractivity contribution in [2.24, 2.45) is 0 Å². The second kappa shape index (κ2) is 11.4. The quantitative estimate of drug-likeness (QED) is 0.202. The van der Waals surface area contributed by atoms with Crippen LogP contribution in [0.5, 0.6) is 0 Å². The third kappa shape index (κ3) is 128. The first-order valence-electron chi connectivity index (χ1n) is 1.47. The van der Waals surface area contributed by atoms with E-state index in [0.29, 0.717) is 0 Å². The Morgan fingerprint density at radius 1 is 1.50 bits per heavy atom. The average molecular weight is 182 g/mol. The van der Waals surface area contributed by atoms with E-state index in [2.05, 4.69) is 4.89 Å². The van der Waals surface area contributed by atoms with Crippen LogP contribution in [0.1, 0.15) is 2.85 Å². The van der Waals surface area contributed by atoms with Crippen molar-refractivity contribution >= 4 is 38.4 Å². The van der Waals surface area contributed by atoms with Crippen LogP contribution in [0.4, 0.5) is 4.79 Å². The molecule has 9 heteroatoms. The third-order valence-corrected chi connectivity index (χ3v) is 0.0781. The van der Waals surface area contributed by atoms with Gasteiger partial charge in [-0.1, -0.05) is 0 Å². The normalized spacial score (nSPS) is 5.70. The van der Waals surface area contributed by atoms with Crippen LogP contribution in [-0.2, 0) is 9.35 Å².